The van der Waals surface area contributed by atoms with Gasteiger partial charge in [0.05, 0.1) is 12.9 Å². The van der Waals surface area contributed by atoms with Crippen LogP contribution >= 0.6 is 0 Å². The van der Waals surface area contributed by atoms with Gasteiger partial charge in [-0.05, 0) is 58.8 Å². The van der Waals surface area contributed by atoms with Crippen LogP contribution in [0, 0.1) is 5.92 Å². The fourth-order valence-electron chi connectivity index (χ4n) is 2.44. The largest absolute Gasteiger partial charge is 0.444 e. The monoisotopic (exact) mass is 321 g/mol. The molecule has 0 aromatic rings. The molecule has 21 heavy (non-hydrogen) atoms. The highest BCUT2D eigenvalue weighted by Crippen LogP contribution is 2.27. The summed E-state index contributed by atoms with van der Waals surface area (Å²) in [7, 11) is -3.34. The number of hydrogen-bond donors (Lipinski definition) is 1. The second-order valence-electron chi connectivity index (χ2n) is 6.68. The van der Waals surface area contributed by atoms with E-state index in [1.807, 2.05) is 20.8 Å². The molecule has 0 atom stereocenters. The Morgan fingerprint density at radius 3 is 2.24 bits per heavy atom. The normalized spacial score (nSPS) is 23.6. The van der Waals surface area contributed by atoms with Gasteiger partial charge in [-0.3, -0.25) is 4.18 Å². The molecular formula is C14H27NO5S. The number of carbonyl (C=O) groups excluding carboxylic acids is 1. The second kappa shape index (κ2) is 7.45. The van der Waals surface area contributed by atoms with E-state index in [-0.39, 0.29) is 18.7 Å². The van der Waals surface area contributed by atoms with Crippen molar-refractivity contribution in [2.24, 2.45) is 5.92 Å². The van der Waals surface area contributed by atoms with Crippen LogP contribution in [0.2, 0.25) is 0 Å². The lowest BCUT2D eigenvalue weighted by Gasteiger charge is -2.30. The molecule has 124 valence electrons. The molecule has 1 fully saturated rings. The topological polar surface area (TPSA) is 81.7 Å². The van der Waals surface area contributed by atoms with Gasteiger partial charge in [0.2, 0.25) is 0 Å². The average molecular weight is 321 g/mol. The van der Waals surface area contributed by atoms with Crippen LogP contribution in [0.5, 0.6) is 0 Å². The molecule has 1 rings (SSSR count). The minimum Gasteiger partial charge on any atom is -0.444 e. The molecule has 1 N–H and O–H groups in total. The van der Waals surface area contributed by atoms with Crippen LogP contribution in [0.25, 0.3) is 0 Å². The van der Waals surface area contributed by atoms with Gasteiger partial charge in [0, 0.05) is 6.04 Å². The highest BCUT2D eigenvalue weighted by Gasteiger charge is 2.24. The number of hydrogen-bond acceptors (Lipinski definition) is 5. The van der Waals surface area contributed by atoms with E-state index in [4.69, 9.17) is 8.92 Å². The Balaban J connectivity index is 2.22. The molecule has 0 spiro atoms. The van der Waals surface area contributed by atoms with E-state index in [9.17, 15) is 13.2 Å². The Hall–Kier alpha value is -0.820. The summed E-state index contributed by atoms with van der Waals surface area (Å²) in [6.45, 7) is 5.76. The third-order valence-electron chi connectivity index (χ3n) is 3.39. The van der Waals surface area contributed by atoms with Gasteiger partial charge in [0.15, 0.2) is 0 Å². The Labute approximate surface area is 127 Å². The third kappa shape index (κ3) is 8.93. The maximum Gasteiger partial charge on any atom is 0.407 e. The van der Waals surface area contributed by atoms with Crippen LogP contribution in [0.3, 0.4) is 0 Å². The van der Waals surface area contributed by atoms with Gasteiger partial charge in [-0.25, -0.2) is 4.79 Å². The van der Waals surface area contributed by atoms with Crippen LogP contribution in [-0.4, -0.2) is 39.0 Å². The Kier molecular flexibility index (Phi) is 6.46. The van der Waals surface area contributed by atoms with E-state index in [1.54, 1.807) is 0 Å². The highest BCUT2D eigenvalue weighted by molar-refractivity contribution is 7.85. The predicted octanol–water partition coefficient (Wildman–Crippen LogP) is 2.44. The lowest BCUT2D eigenvalue weighted by molar-refractivity contribution is 0.0485. The fourth-order valence-corrected chi connectivity index (χ4v) is 2.83. The molecule has 1 aliphatic carbocycles. The summed E-state index contributed by atoms with van der Waals surface area (Å²) in [4.78, 5) is 11.7. The van der Waals surface area contributed by atoms with Crippen molar-refractivity contribution in [2.75, 3.05) is 12.9 Å². The molecular weight excluding hydrogens is 294 g/mol. The molecule has 0 aromatic carbocycles. The number of carbonyl (C=O) groups is 1. The average Bonchev–Trinajstić information content (AvgIpc) is 2.27. The van der Waals surface area contributed by atoms with Crippen LogP contribution < -0.4 is 5.32 Å². The first-order chi connectivity index (χ1) is 9.55. The van der Waals surface area contributed by atoms with E-state index < -0.39 is 15.7 Å². The molecule has 6 nitrogen and oxygen atoms in total. The van der Waals surface area contributed by atoms with Crippen LogP contribution in [0.15, 0.2) is 0 Å². The van der Waals surface area contributed by atoms with Gasteiger partial charge in [-0.1, -0.05) is 0 Å². The molecule has 0 aliphatic heterocycles. The van der Waals surface area contributed by atoms with E-state index >= 15 is 0 Å². The predicted molar refractivity (Wildman–Crippen MR) is 80.5 cm³/mol. The fraction of sp³-hybridized carbons (Fsp3) is 0.929. The van der Waals surface area contributed by atoms with Crippen LogP contribution in [0.1, 0.15) is 52.9 Å². The number of alkyl carbamates (subject to hydrolysis) is 1. The summed E-state index contributed by atoms with van der Waals surface area (Å²) >= 11 is 0. The van der Waals surface area contributed by atoms with E-state index in [0.717, 1.165) is 38.4 Å². The summed E-state index contributed by atoms with van der Waals surface area (Å²) in [5, 5.41) is 2.89. The standard InChI is InChI=1S/C14H27NO5S/c1-14(2,3)20-13(16)15-12-7-5-11(6-8-12)9-10-19-21(4,17)18/h11-12H,5-10H2,1-4H3,(H,15,16)/t11-,12+. The first-order valence-corrected chi connectivity index (χ1v) is 9.21. The van der Waals surface area contributed by atoms with Crippen molar-refractivity contribution >= 4 is 16.2 Å². The Morgan fingerprint density at radius 2 is 1.76 bits per heavy atom. The number of rotatable bonds is 5. The van der Waals surface area contributed by atoms with Crippen molar-refractivity contribution in [1.82, 2.24) is 5.32 Å². The molecule has 0 heterocycles. The summed E-state index contributed by atoms with van der Waals surface area (Å²) < 4.78 is 31.7. The van der Waals surface area contributed by atoms with Crippen molar-refractivity contribution in [3.8, 4) is 0 Å². The minimum atomic E-state index is -3.34. The summed E-state index contributed by atoms with van der Waals surface area (Å²) in [5.74, 6) is 0.462. The lowest BCUT2D eigenvalue weighted by Crippen LogP contribution is -2.41. The quantitative estimate of drug-likeness (QED) is 0.787. The van der Waals surface area contributed by atoms with Crippen LogP contribution in [-0.2, 0) is 19.0 Å². The summed E-state index contributed by atoms with van der Waals surface area (Å²) in [6, 6.07) is 0.145. The zero-order chi connectivity index (χ0) is 16.1. The van der Waals surface area contributed by atoms with Gasteiger partial charge >= 0.3 is 6.09 Å². The van der Waals surface area contributed by atoms with Gasteiger partial charge in [0.1, 0.15) is 5.60 Å². The van der Waals surface area contributed by atoms with Crippen molar-refractivity contribution in [3.05, 3.63) is 0 Å². The molecule has 7 heteroatoms. The number of nitrogens with one attached hydrogen (secondary N) is 1. The molecule has 0 bridgehead atoms. The Morgan fingerprint density at radius 1 is 1.19 bits per heavy atom. The molecule has 0 aromatic heterocycles. The molecule has 0 saturated heterocycles. The smallest absolute Gasteiger partial charge is 0.407 e. The zero-order valence-corrected chi connectivity index (χ0v) is 14.2. The lowest BCUT2D eigenvalue weighted by atomic mass is 9.84. The first-order valence-electron chi connectivity index (χ1n) is 7.39. The SMILES string of the molecule is CC(C)(C)OC(=O)N[C@H]1CC[C@@H](CCOS(C)(=O)=O)CC1. The molecule has 0 unspecified atom stereocenters. The first kappa shape index (κ1) is 18.2. The summed E-state index contributed by atoms with van der Waals surface area (Å²) in [6.07, 6.45) is 5.15. The van der Waals surface area contributed by atoms with Crippen molar-refractivity contribution in [1.29, 1.82) is 0 Å². The molecule has 1 amide bonds. The maximum atomic E-state index is 11.7. The van der Waals surface area contributed by atoms with E-state index in [2.05, 4.69) is 5.32 Å². The number of ether oxygens (including phenoxy) is 1. The van der Waals surface area contributed by atoms with Crippen molar-refractivity contribution in [2.45, 2.75) is 64.5 Å². The van der Waals surface area contributed by atoms with Gasteiger partial charge in [-0.2, -0.15) is 8.42 Å². The minimum absolute atomic E-state index is 0.145. The zero-order valence-electron chi connectivity index (χ0n) is 13.3. The van der Waals surface area contributed by atoms with Gasteiger partial charge in [-0.15, -0.1) is 0 Å². The van der Waals surface area contributed by atoms with Crippen molar-refractivity contribution in [3.63, 3.8) is 0 Å². The summed E-state index contributed by atoms with van der Waals surface area (Å²) in [5.41, 5.74) is -0.482. The van der Waals surface area contributed by atoms with Gasteiger partial charge in [0.25, 0.3) is 10.1 Å². The Bertz CT molecular complexity index is 433. The highest BCUT2D eigenvalue weighted by atomic mass is 32.2. The van der Waals surface area contributed by atoms with Crippen LogP contribution in [0.4, 0.5) is 4.79 Å². The van der Waals surface area contributed by atoms with Crippen molar-refractivity contribution < 1.29 is 22.1 Å². The third-order valence-corrected chi connectivity index (χ3v) is 3.99. The van der Waals surface area contributed by atoms with E-state index in [1.165, 1.54) is 0 Å². The molecule has 0 radical (unpaired) electrons. The van der Waals surface area contributed by atoms with Gasteiger partial charge < -0.3 is 10.1 Å². The molecule has 1 saturated carbocycles. The number of amides is 1. The second-order valence-corrected chi connectivity index (χ2v) is 8.32. The maximum absolute atomic E-state index is 11.7. The molecule has 1 aliphatic rings. The van der Waals surface area contributed by atoms with E-state index in [0.29, 0.717) is 5.92 Å².